The minimum Gasteiger partial charge on any atom is -0.370 e. The summed E-state index contributed by atoms with van der Waals surface area (Å²) in [6.45, 7) is 7.41. The second kappa shape index (κ2) is 7.47. The number of aryl methyl sites for hydroxylation is 1. The number of hydrogen-bond acceptors (Lipinski definition) is 4. The molecular formula is C18H25N5O. The first-order valence-electron chi connectivity index (χ1n) is 8.64. The van der Waals surface area contributed by atoms with E-state index in [-0.39, 0.29) is 11.9 Å². The number of nitrogens with zero attached hydrogens (tertiary/aromatic N) is 5. The maximum absolute atomic E-state index is 12.9. The van der Waals surface area contributed by atoms with Gasteiger partial charge in [0.25, 0.3) is 0 Å². The molecule has 0 saturated carbocycles. The third-order valence-electron chi connectivity index (χ3n) is 4.57. The molecule has 0 N–H and O–H groups in total. The largest absolute Gasteiger partial charge is 0.370 e. The minimum atomic E-state index is -0.199. The maximum Gasteiger partial charge on any atom is 0.247 e. The van der Waals surface area contributed by atoms with Gasteiger partial charge in [0.2, 0.25) is 5.91 Å². The summed E-state index contributed by atoms with van der Waals surface area (Å²) >= 11 is 0. The van der Waals surface area contributed by atoms with Crippen molar-refractivity contribution in [3.63, 3.8) is 0 Å². The van der Waals surface area contributed by atoms with Crippen molar-refractivity contribution in [2.75, 3.05) is 31.1 Å². The zero-order valence-electron chi connectivity index (χ0n) is 14.4. The van der Waals surface area contributed by atoms with Gasteiger partial charge in [0.15, 0.2) is 0 Å². The van der Waals surface area contributed by atoms with E-state index in [1.165, 1.54) is 5.69 Å². The average molecular weight is 327 g/mol. The van der Waals surface area contributed by atoms with Crippen molar-refractivity contribution in [1.29, 1.82) is 0 Å². The van der Waals surface area contributed by atoms with E-state index in [9.17, 15) is 4.79 Å². The van der Waals surface area contributed by atoms with Crippen molar-refractivity contribution in [1.82, 2.24) is 19.7 Å². The van der Waals surface area contributed by atoms with E-state index in [1.807, 2.05) is 43.3 Å². The third-order valence-corrected chi connectivity index (χ3v) is 4.57. The van der Waals surface area contributed by atoms with E-state index in [1.54, 1.807) is 10.9 Å². The van der Waals surface area contributed by atoms with Crippen LogP contribution >= 0.6 is 0 Å². The van der Waals surface area contributed by atoms with Crippen LogP contribution in [0.2, 0.25) is 0 Å². The first kappa shape index (κ1) is 16.5. The van der Waals surface area contributed by atoms with Crippen molar-refractivity contribution in [2.24, 2.45) is 0 Å². The van der Waals surface area contributed by atoms with E-state index in [0.717, 1.165) is 44.7 Å². The molecule has 3 heterocycles. The normalized spacial score (nSPS) is 16.8. The number of aromatic nitrogens is 3. The number of carbonyl (C=O) groups is 1. The quantitative estimate of drug-likeness (QED) is 0.864. The molecule has 2 aromatic heterocycles. The summed E-state index contributed by atoms with van der Waals surface area (Å²) in [6.07, 6.45) is 7.18. The molecule has 0 bridgehead atoms. The fraction of sp³-hybridized carbons (Fsp3) is 0.500. The molecule has 3 rings (SSSR count). The molecule has 0 unspecified atom stereocenters. The van der Waals surface area contributed by atoms with Crippen LogP contribution in [0, 0.1) is 6.92 Å². The topological polar surface area (TPSA) is 54.3 Å². The van der Waals surface area contributed by atoms with Gasteiger partial charge in [-0.3, -0.25) is 14.5 Å². The lowest BCUT2D eigenvalue weighted by Crippen LogP contribution is -2.40. The SMILES string of the molecule is CC[C@@H](C(=O)N1CCCN(c2ccnc(C)c2)CC1)n1cccn1. The smallest absolute Gasteiger partial charge is 0.247 e. The van der Waals surface area contributed by atoms with Crippen molar-refractivity contribution in [3.05, 3.63) is 42.5 Å². The summed E-state index contributed by atoms with van der Waals surface area (Å²) in [6, 6.07) is 5.82. The summed E-state index contributed by atoms with van der Waals surface area (Å²) in [4.78, 5) is 21.5. The lowest BCUT2D eigenvalue weighted by molar-refractivity contribution is -0.135. The molecule has 1 amide bonds. The van der Waals surface area contributed by atoms with Crippen molar-refractivity contribution >= 4 is 11.6 Å². The molecule has 0 radical (unpaired) electrons. The molecule has 128 valence electrons. The summed E-state index contributed by atoms with van der Waals surface area (Å²) in [7, 11) is 0. The molecule has 1 fully saturated rings. The highest BCUT2D eigenvalue weighted by atomic mass is 16.2. The van der Waals surface area contributed by atoms with Gasteiger partial charge < -0.3 is 9.80 Å². The molecule has 24 heavy (non-hydrogen) atoms. The van der Waals surface area contributed by atoms with Crippen LogP contribution in [0.1, 0.15) is 31.5 Å². The van der Waals surface area contributed by atoms with Gasteiger partial charge in [0.05, 0.1) is 0 Å². The van der Waals surface area contributed by atoms with Crippen molar-refractivity contribution in [2.45, 2.75) is 32.7 Å². The Balaban J connectivity index is 1.67. The van der Waals surface area contributed by atoms with Gasteiger partial charge in [-0.05, 0) is 38.0 Å². The molecule has 1 atom stereocenters. The summed E-state index contributed by atoms with van der Waals surface area (Å²) < 4.78 is 1.78. The van der Waals surface area contributed by atoms with E-state index < -0.39 is 0 Å². The molecule has 1 aliphatic heterocycles. The van der Waals surface area contributed by atoms with Crippen LogP contribution in [0.15, 0.2) is 36.8 Å². The monoisotopic (exact) mass is 327 g/mol. The van der Waals surface area contributed by atoms with Gasteiger partial charge in [0.1, 0.15) is 6.04 Å². The third kappa shape index (κ3) is 3.58. The van der Waals surface area contributed by atoms with Crippen LogP contribution in [0.4, 0.5) is 5.69 Å². The number of carbonyl (C=O) groups excluding carboxylic acids is 1. The molecule has 0 aromatic carbocycles. The molecular weight excluding hydrogens is 302 g/mol. The van der Waals surface area contributed by atoms with Crippen LogP contribution in [0.5, 0.6) is 0 Å². The van der Waals surface area contributed by atoms with Gasteiger partial charge in [0, 0.05) is 56.2 Å². The summed E-state index contributed by atoms with van der Waals surface area (Å²) in [5.41, 5.74) is 2.21. The minimum absolute atomic E-state index is 0.175. The van der Waals surface area contributed by atoms with Crippen molar-refractivity contribution in [3.8, 4) is 0 Å². The Kier molecular flexibility index (Phi) is 5.13. The van der Waals surface area contributed by atoms with E-state index in [2.05, 4.69) is 21.0 Å². The first-order valence-corrected chi connectivity index (χ1v) is 8.64. The summed E-state index contributed by atoms with van der Waals surface area (Å²) in [5.74, 6) is 0.175. The number of rotatable bonds is 4. The molecule has 0 spiro atoms. The fourth-order valence-corrected chi connectivity index (χ4v) is 3.27. The predicted molar refractivity (Wildman–Crippen MR) is 93.9 cm³/mol. The Hall–Kier alpha value is -2.37. The van der Waals surface area contributed by atoms with Gasteiger partial charge in [-0.1, -0.05) is 6.92 Å². The highest BCUT2D eigenvalue weighted by Crippen LogP contribution is 2.19. The van der Waals surface area contributed by atoms with Gasteiger partial charge in [-0.2, -0.15) is 5.10 Å². The second-order valence-electron chi connectivity index (χ2n) is 6.23. The lowest BCUT2D eigenvalue weighted by atomic mass is 10.2. The van der Waals surface area contributed by atoms with E-state index >= 15 is 0 Å². The van der Waals surface area contributed by atoms with Gasteiger partial charge in [-0.25, -0.2) is 0 Å². The Labute approximate surface area is 143 Å². The molecule has 1 aliphatic rings. The van der Waals surface area contributed by atoms with Crippen LogP contribution in [0.3, 0.4) is 0 Å². The number of hydrogen-bond donors (Lipinski definition) is 0. The first-order chi connectivity index (χ1) is 11.7. The molecule has 0 aliphatic carbocycles. The van der Waals surface area contributed by atoms with E-state index in [4.69, 9.17) is 0 Å². The van der Waals surface area contributed by atoms with Crippen LogP contribution in [-0.4, -0.2) is 51.8 Å². The Morgan fingerprint density at radius 3 is 2.83 bits per heavy atom. The second-order valence-corrected chi connectivity index (χ2v) is 6.23. The fourth-order valence-electron chi connectivity index (χ4n) is 3.27. The molecule has 6 nitrogen and oxygen atoms in total. The number of amides is 1. The number of pyridine rings is 1. The average Bonchev–Trinajstić information content (AvgIpc) is 2.99. The molecule has 6 heteroatoms. The van der Waals surface area contributed by atoms with Crippen LogP contribution < -0.4 is 4.90 Å². The zero-order chi connectivity index (χ0) is 16.9. The maximum atomic E-state index is 12.9. The molecule has 2 aromatic rings. The molecule has 1 saturated heterocycles. The Bertz CT molecular complexity index is 670. The standard InChI is InChI=1S/C18H25N5O/c1-3-17(23-11-4-7-20-23)18(24)22-10-5-9-21(12-13-22)16-6-8-19-15(2)14-16/h4,6-8,11,14,17H,3,5,9-10,12-13H2,1-2H3/t17-/m0/s1. The van der Waals surface area contributed by atoms with E-state index in [0.29, 0.717) is 0 Å². The predicted octanol–water partition coefficient (Wildman–Crippen LogP) is 2.28. The highest BCUT2D eigenvalue weighted by molar-refractivity contribution is 5.80. The summed E-state index contributed by atoms with van der Waals surface area (Å²) in [5, 5.41) is 4.25. The van der Waals surface area contributed by atoms with Crippen LogP contribution in [-0.2, 0) is 4.79 Å². The number of anilines is 1. The highest BCUT2D eigenvalue weighted by Gasteiger charge is 2.26. The van der Waals surface area contributed by atoms with Gasteiger partial charge >= 0.3 is 0 Å². The Morgan fingerprint density at radius 2 is 2.12 bits per heavy atom. The lowest BCUT2D eigenvalue weighted by Gasteiger charge is -2.26. The van der Waals surface area contributed by atoms with Crippen LogP contribution in [0.25, 0.3) is 0 Å². The Morgan fingerprint density at radius 1 is 1.25 bits per heavy atom. The zero-order valence-corrected chi connectivity index (χ0v) is 14.4. The van der Waals surface area contributed by atoms with Gasteiger partial charge in [-0.15, -0.1) is 0 Å². The van der Waals surface area contributed by atoms with Crippen molar-refractivity contribution < 1.29 is 4.79 Å².